The maximum atomic E-state index is 11.0. The molecule has 0 aliphatic heterocycles. The summed E-state index contributed by atoms with van der Waals surface area (Å²) in [6, 6.07) is 3.02. The first kappa shape index (κ1) is 17.4. The first-order valence-electron chi connectivity index (χ1n) is 6.61. The third kappa shape index (κ3) is 4.70. The van der Waals surface area contributed by atoms with E-state index in [-0.39, 0.29) is 12.2 Å². The molecule has 6 nitrogen and oxygen atoms in total. The van der Waals surface area contributed by atoms with Gasteiger partial charge in [0.15, 0.2) is 17.6 Å². The molecule has 0 spiro atoms. The number of hydrogen-bond acceptors (Lipinski definition) is 5. The van der Waals surface area contributed by atoms with E-state index in [9.17, 15) is 9.59 Å². The molecule has 1 rings (SSSR count). The zero-order valence-corrected chi connectivity index (χ0v) is 12.5. The number of carboxylic acids is 1. The van der Waals surface area contributed by atoms with Gasteiger partial charge in [-0.05, 0) is 25.0 Å². The number of methoxy groups -OCH3 is 2. The van der Waals surface area contributed by atoms with Crippen LogP contribution in [0, 0.1) is 12.3 Å². The van der Waals surface area contributed by atoms with Crippen LogP contribution in [0.2, 0.25) is 0 Å². The molecule has 0 heterocycles. The van der Waals surface area contributed by atoms with Crippen LogP contribution < -0.4 is 14.2 Å². The zero-order valence-electron chi connectivity index (χ0n) is 12.5. The first-order chi connectivity index (χ1) is 10.5. The molecular weight excluding hydrogens is 288 g/mol. The van der Waals surface area contributed by atoms with E-state index in [1.165, 1.54) is 26.4 Å². The van der Waals surface area contributed by atoms with Crippen molar-refractivity contribution in [2.75, 3.05) is 14.2 Å². The lowest BCUT2D eigenvalue weighted by Crippen LogP contribution is -2.15. The van der Waals surface area contributed by atoms with Crippen LogP contribution in [0.5, 0.6) is 17.2 Å². The second-order valence-corrected chi connectivity index (χ2v) is 4.43. The molecule has 1 aromatic carbocycles. The van der Waals surface area contributed by atoms with E-state index in [1.54, 1.807) is 0 Å². The minimum absolute atomic E-state index is 0.0103. The molecular formula is C16H18O6. The number of ether oxygens (including phenoxy) is 3. The summed E-state index contributed by atoms with van der Waals surface area (Å²) >= 11 is 0. The minimum atomic E-state index is -0.891. The summed E-state index contributed by atoms with van der Waals surface area (Å²) in [6.07, 6.45) is 6.21. The second-order valence-electron chi connectivity index (χ2n) is 4.43. The summed E-state index contributed by atoms with van der Waals surface area (Å²) in [5.74, 6) is 2.52. The number of terminal acetylenes is 1. The molecule has 0 aliphatic rings. The monoisotopic (exact) mass is 306 g/mol. The Bertz CT molecular complexity index is 573. The number of carbonyl (C=O) groups excluding carboxylic acids is 1. The number of aldehydes is 1. The molecule has 1 N–H and O–H groups in total. The van der Waals surface area contributed by atoms with Gasteiger partial charge in [0.25, 0.3) is 0 Å². The molecule has 0 amide bonds. The highest BCUT2D eigenvalue weighted by atomic mass is 16.5. The predicted molar refractivity (Wildman–Crippen MR) is 79.7 cm³/mol. The third-order valence-corrected chi connectivity index (χ3v) is 2.92. The highest BCUT2D eigenvalue weighted by Crippen LogP contribution is 2.38. The minimum Gasteiger partial charge on any atom is -0.493 e. The average molecular weight is 306 g/mol. The van der Waals surface area contributed by atoms with Crippen LogP contribution in [0.4, 0.5) is 0 Å². The van der Waals surface area contributed by atoms with Gasteiger partial charge in [0.2, 0.25) is 5.75 Å². The third-order valence-electron chi connectivity index (χ3n) is 2.92. The fourth-order valence-corrected chi connectivity index (χ4v) is 1.87. The summed E-state index contributed by atoms with van der Waals surface area (Å²) in [7, 11) is 2.89. The highest BCUT2D eigenvalue weighted by molar-refractivity contribution is 5.78. The lowest BCUT2D eigenvalue weighted by atomic mass is 10.1. The fraction of sp³-hybridized carbons (Fsp3) is 0.375. The number of carbonyl (C=O) groups is 2. The van der Waals surface area contributed by atoms with Crippen molar-refractivity contribution in [2.24, 2.45) is 0 Å². The summed E-state index contributed by atoms with van der Waals surface area (Å²) in [5.41, 5.74) is 0.356. The van der Waals surface area contributed by atoms with Crippen LogP contribution in [-0.2, 0) is 4.79 Å². The van der Waals surface area contributed by atoms with E-state index >= 15 is 0 Å². The van der Waals surface area contributed by atoms with Crippen molar-refractivity contribution in [1.82, 2.24) is 0 Å². The SMILES string of the molecule is C#C[C@H](CCCC(=O)O)Oc1cc(C=O)cc(OC)c1OC. The Kier molecular flexibility index (Phi) is 6.77. The van der Waals surface area contributed by atoms with Crippen molar-refractivity contribution < 1.29 is 28.9 Å². The van der Waals surface area contributed by atoms with Gasteiger partial charge < -0.3 is 19.3 Å². The standard InChI is InChI=1S/C16H18O6/c1-4-12(6-5-7-15(18)19)22-14-9-11(10-17)8-13(20-2)16(14)21-3/h1,8-10,12H,5-7H2,2-3H3,(H,18,19)/t12-/m1/s1. The molecule has 0 aromatic heterocycles. The van der Waals surface area contributed by atoms with Gasteiger partial charge in [-0.2, -0.15) is 0 Å². The summed E-state index contributed by atoms with van der Waals surface area (Å²) in [6.45, 7) is 0. The molecule has 118 valence electrons. The maximum absolute atomic E-state index is 11.0. The number of benzene rings is 1. The Labute approximate surface area is 129 Å². The Morgan fingerprint density at radius 3 is 2.55 bits per heavy atom. The quantitative estimate of drug-likeness (QED) is 0.556. The maximum Gasteiger partial charge on any atom is 0.303 e. The van der Waals surface area contributed by atoms with Crippen LogP contribution in [-0.4, -0.2) is 37.7 Å². The first-order valence-corrected chi connectivity index (χ1v) is 6.61. The molecule has 0 saturated carbocycles. The lowest BCUT2D eigenvalue weighted by Gasteiger charge is -2.18. The van der Waals surface area contributed by atoms with Crippen molar-refractivity contribution in [2.45, 2.75) is 25.4 Å². The molecule has 6 heteroatoms. The molecule has 22 heavy (non-hydrogen) atoms. The van der Waals surface area contributed by atoms with Crippen molar-refractivity contribution in [3.63, 3.8) is 0 Å². The van der Waals surface area contributed by atoms with Gasteiger partial charge in [0, 0.05) is 12.0 Å². The van der Waals surface area contributed by atoms with E-state index in [0.717, 1.165) is 0 Å². The normalized spacial score (nSPS) is 11.1. The van der Waals surface area contributed by atoms with Crippen LogP contribution in [0.15, 0.2) is 12.1 Å². The Balaban J connectivity index is 2.96. The van der Waals surface area contributed by atoms with Crippen LogP contribution in [0.1, 0.15) is 29.6 Å². The van der Waals surface area contributed by atoms with Gasteiger partial charge in [0.1, 0.15) is 6.29 Å². The van der Waals surface area contributed by atoms with Gasteiger partial charge >= 0.3 is 5.97 Å². The number of hydrogen-bond donors (Lipinski definition) is 1. The van der Waals surface area contributed by atoms with Crippen molar-refractivity contribution in [3.8, 4) is 29.6 Å². The average Bonchev–Trinajstić information content (AvgIpc) is 2.52. The van der Waals surface area contributed by atoms with Gasteiger partial charge in [0.05, 0.1) is 14.2 Å². The topological polar surface area (TPSA) is 82.1 Å². The summed E-state index contributed by atoms with van der Waals surface area (Å²) < 4.78 is 16.0. The molecule has 0 radical (unpaired) electrons. The van der Waals surface area contributed by atoms with E-state index in [0.29, 0.717) is 36.2 Å². The van der Waals surface area contributed by atoms with Gasteiger partial charge in [-0.15, -0.1) is 6.42 Å². The molecule has 1 aromatic rings. The summed E-state index contributed by atoms with van der Waals surface area (Å²) in [4.78, 5) is 21.5. The molecule has 0 fully saturated rings. The van der Waals surface area contributed by atoms with Crippen molar-refractivity contribution in [3.05, 3.63) is 17.7 Å². The Hall–Kier alpha value is -2.68. The highest BCUT2D eigenvalue weighted by Gasteiger charge is 2.17. The van der Waals surface area contributed by atoms with Crippen LogP contribution in [0.3, 0.4) is 0 Å². The predicted octanol–water partition coefficient (Wildman–Crippen LogP) is 2.15. The molecule has 0 saturated heterocycles. The molecule has 0 aliphatic carbocycles. The van der Waals surface area contributed by atoms with Crippen LogP contribution >= 0.6 is 0 Å². The van der Waals surface area contributed by atoms with Crippen LogP contribution in [0.25, 0.3) is 0 Å². The van der Waals surface area contributed by atoms with Gasteiger partial charge in [-0.3, -0.25) is 9.59 Å². The molecule has 0 bridgehead atoms. The number of carboxylic acid groups (broad SMARTS) is 1. The molecule has 0 unspecified atom stereocenters. The van der Waals surface area contributed by atoms with E-state index < -0.39 is 12.1 Å². The zero-order chi connectivity index (χ0) is 16.5. The Morgan fingerprint density at radius 1 is 1.36 bits per heavy atom. The van der Waals surface area contributed by atoms with E-state index in [2.05, 4.69) is 5.92 Å². The smallest absolute Gasteiger partial charge is 0.303 e. The van der Waals surface area contributed by atoms with Crippen molar-refractivity contribution in [1.29, 1.82) is 0 Å². The van der Waals surface area contributed by atoms with E-state index in [4.69, 9.17) is 25.7 Å². The largest absolute Gasteiger partial charge is 0.493 e. The molecule has 1 atom stereocenters. The van der Waals surface area contributed by atoms with Crippen molar-refractivity contribution >= 4 is 12.3 Å². The van der Waals surface area contributed by atoms with E-state index in [1.807, 2.05) is 0 Å². The number of aliphatic carboxylic acids is 1. The lowest BCUT2D eigenvalue weighted by molar-refractivity contribution is -0.137. The Morgan fingerprint density at radius 2 is 2.05 bits per heavy atom. The number of rotatable bonds is 9. The fourth-order valence-electron chi connectivity index (χ4n) is 1.87. The second kappa shape index (κ2) is 8.57. The summed E-state index contributed by atoms with van der Waals surface area (Å²) in [5, 5.41) is 8.64. The van der Waals surface area contributed by atoms with Gasteiger partial charge in [-0.25, -0.2) is 0 Å². The van der Waals surface area contributed by atoms with Gasteiger partial charge in [-0.1, -0.05) is 5.92 Å².